The third-order valence-corrected chi connectivity index (χ3v) is 2.23. The van der Waals surface area contributed by atoms with Crippen molar-refractivity contribution in [1.82, 2.24) is 5.32 Å². The molecule has 7 heteroatoms. The molecule has 0 radical (unpaired) electrons. The zero-order valence-electron chi connectivity index (χ0n) is 7.93. The lowest BCUT2D eigenvalue weighted by molar-refractivity contribution is -0.116. The summed E-state index contributed by atoms with van der Waals surface area (Å²) in [6, 6.07) is 0. The quantitative estimate of drug-likeness (QED) is 0.371. The van der Waals surface area contributed by atoms with Crippen LogP contribution in [-0.4, -0.2) is 30.6 Å². The molecule has 0 aliphatic heterocycles. The maximum absolute atomic E-state index is 10.9. The van der Waals surface area contributed by atoms with E-state index in [0.29, 0.717) is 0 Å². The van der Waals surface area contributed by atoms with E-state index in [4.69, 9.17) is 4.89 Å². The first-order valence-corrected chi connectivity index (χ1v) is 5.53. The normalized spacial score (nSPS) is 14.4. The van der Waals surface area contributed by atoms with E-state index < -0.39 is 7.82 Å². The Morgan fingerprint density at radius 1 is 1.64 bits per heavy atom. The van der Waals surface area contributed by atoms with Gasteiger partial charge in [-0.3, -0.25) is 13.8 Å². The standard InChI is InChI=1S/C7H14NO5P/c1-3-7(9)8-5-6-13-14(10,11)12-4-2/h3H,1,4-6H2,2H3,(H,8,9)(H,10,11). The number of hydrogen-bond acceptors (Lipinski definition) is 4. The van der Waals surface area contributed by atoms with Gasteiger partial charge in [-0.15, -0.1) is 0 Å². The van der Waals surface area contributed by atoms with Crippen LogP contribution in [0, 0.1) is 0 Å². The number of phosphoric ester groups is 1. The van der Waals surface area contributed by atoms with Crippen molar-refractivity contribution >= 4 is 13.7 Å². The van der Waals surface area contributed by atoms with Crippen LogP contribution in [-0.2, 0) is 18.4 Å². The summed E-state index contributed by atoms with van der Waals surface area (Å²) >= 11 is 0. The highest BCUT2D eigenvalue weighted by molar-refractivity contribution is 7.47. The second-order valence-electron chi connectivity index (χ2n) is 2.21. The second kappa shape index (κ2) is 6.73. The van der Waals surface area contributed by atoms with E-state index in [9.17, 15) is 9.36 Å². The number of amides is 1. The zero-order valence-corrected chi connectivity index (χ0v) is 8.83. The smallest absolute Gasteiger partial charge is 0.350 e. The largest absolute Gasteiger partial charge is 0.472 e. The molecule has 82 valence electrons. The van der Waals surface area contributed by atoms with Gasteiger partial charge in [0.15, 0.2) is 0 Å². The van der Waals surface area contributed by atoms with Crippen LogP contribution >= 0.6 is 7.82 Å². The number of rotatable bonds is 7. The highest BCUT2D eigenvalue weighted by Crippen LogP contribution is 2.42. The van der Waals surface area contributed by atoms with Gasteiger partial charge in [-0.2, -0.15) is 0 Å². The van der Waals surface area contributed by atoms with Crippen molar-refractivity contribution in [2.75, 3.05) is 19.8 Å². The number of carbonyl (C=O) groups excluding carboxylic acids is 1. The van der Waals surface area contributed by atoms with Crippen molar-refractivity contribution in [3.8, 4) is 0 Å². The molecule has 0 aromatic rings. The van der Waals surface area contributed by atoms with Crippen molar-refractivity contribution in [3.63, 3.8) is 0 Å². The van der Waals surface area contributed by atoms with Gasteiger partial charge in [-0.1, -0.05) is 6.58 Å². The molecule has 0 aliphatic rings. The Kier molecular flexibility index (Phi) is 6.40. The molecule has 0 bridgehead atoms. The van der Waals surface area contributed by atoms with E-state index in [-0.39, 0.29) is 25.7 Å². The Morgan fingerprint density at radius 3 is 2.79 bits per heavy atom. The molecule has 1 atom stereocenters. The summed E-state index contributed by atoms with van der Waals surface area (Å²) in [6.07, 6.45) is 1.10. The van der Waals surface area contributed by atoms with Crippen molar-refractivity contribution < 1.29 is 23.3 Å². The fourth-order valence-corrected chi connectivity index (χ4v) is 1.33. The Morgan fingerprint density at radius 2 is 2.29 bits per heavy atom. The van der Waals surface area contributed by atoms with E-state index in [1.165, 1.54) is 0 Å². The Labute approximate surface area is 82.5 Å². The van der Waals surface area contributed by atoms with Crippen LogP contribution in [0.3, 0.4) is 0 Å². The van der Waals surface area contributed by atoms with Crippen molar-refractivity contribution in [2.24, 2.45) is 0 Å². The van der Waals surface area contributed by atoms with Crippen LogP contribution in [0.1, 0.15) is 6.92 Å². The molecular weight excluding hydrogens is 209 g/mol. The van der Waals surface area contributed by atoms with Gasteiger partial charge in [-0.25, -0.2) is 4.57 Å². The summed E-state index contributed by atoms with van der Waals surface area (Å²) < 4.78 is 19.8. The zero-order chi connectivity index (χ0) is 11.0. The lowest BCUT2D eigenvalue weighted by Crippen LogP contribution is -2.24. The minimum atomic E-state index is -3.94. The average Bonchev–Trinajstić information content (AvgIpc) is 2.12. The molecule has 6 nitrogen and oxygen atoms in total. The average molecular weight is 223 g/mol. The number of carbonyl (C=O) groups is 1. The number of nitrogens with one attached hydrogen (secondary N) is 1. The fourth-order valence-electron chi connectivity index (χ4n) is 0.608. The van der Waals surface area contributed by atoms with Gasteiger partial charge in [0, 0.05) is 6.54 Å². The number of hydrogen-bond donors (Lipinski definition) is 2. The Balaban J connectivity index is 3.58. The van der Waals surface area contributed by atoms with Crippen molar-refractivity contribution in [3.05, 3.63) is 12.7 Å². The van der Waals surface area contributed by atoms with Gasteiger partial charge in [0.2, 0.25) is 5.91 Å². The summed E-state index contributed by atoms with van der Waals surface area (Å²) in [4.78, 5) is 19.5. The first kappa shape index (κ1) is 13.3. The fraction of sp³-hybridized carbons (Fsp3) is 0.571. The van der Waals surface area contributed by atoms with Gasteiger partial charge in [0.05, 0.1) is 13.2 Å². The molecule has 0 aromatic heterocycles. The van der Waals surface area contributed by atoms with Crippen LogP contribution in [0.5, 0.6) is 0 Å². The summed E-state index contributed by atoms with van der Waals surface area (Å²) in [7, 11) is -3.94. The highest BCUT2D eigenvalue weighted by Gasteiger charge is 2.18. The van der Waals surface area contributed by atoms with E-state index in [1.54, 1.807) is 6.92 Å². The monoisotopic (exact) mass is 223 g/mol. The van der Waals surface area contributed by atoms with Gasteiger partial charge < -0.3 is 10.2 Å². The number of phosphoric acid groups is 1. The highest BCUT2D eigenvalue weighted by atomic mass is 31.2. The molecule has 1 unspecified atom stereocenters. The summed E-state index contributed by atoms with van der Waals surface area (Å²) in [5.74, 6) is -0.363. The minimum Gasteiger partial charge on any atom is -0.350 e. The van der Waals surface area contributed by atoms with Crippen molar-refractivity contribution in [2.45, 2.75) is 6.92 Å². The second-order valence-corrected chi connectivity index (χ2v) is 3.67. The molecular formula is C7H14NO5P. The SMILES string of the molecule is C=CC(=O)NCCOP(=O)(O)OCC. The molecule has 0 rings (SSSR count). The van der Waals surface area contributed by atoms with E-state index in [1.807, 2.05) is 0 Å². The Bertz CT molecular complexity index is 242. The van der Waals surface area contributed by atoms with Crippen LogP contribution in [0.25, 0.3) is 0 Å². The predicted molar refractivity (Wildman–Crippen MR) is 50.6 cm³/mol. The lowest BCUT2D eigenvalue weighted by Gasteiger charge is -2.10. The molecule has 0 saturated carbocycles. The molecule has 0 aliphatic carbocycles. The van der Waals surface area contributed by atoms with E-state index in [2.05, 4.69) is 20.9 Å². The summed E-state index contributed by atoms with van der Waals surface area (Å²) in [6.45, 7) is 4.94. The van der Waals surface area contributed by atoms with Gasteiger partial charge in [0.25, 0.3) is 0 Å². The molecule has 0 saturated heterocycles. The van der Waals surface area contributed by atoms with Gasteiger partial charge >= 0.3 is 7.82 Å². The van der Waals surface area contributed by atoms with Crippen molar-refractivity contribution in [1.29, 1.82) is 0 Å². The molecule has 1 amide bonds. The minimum absolute atomic E-state index is 0.0899. The molecule has 14 heavy (non-hydrogen) atoms. The van der Waals surface area contributed by atoms with Gasteiger partial charge in [-0.05, 0) is 13.0 Å². The summed E-state index contributed by atoms with van der Waals surface area (Å²) in [5.41, 5.74) is 0. The maximum atomic E-state index is 10.9. The molecule has 0 spiro atoms. The molecule has 0 fully saturated rings. The van der Waals surface area contributed by atoms with E-state index in [0.717, 1.165) is 6.08 Å². The van der Waals surface area contributed by atoms with Crippen LogP contribution in [0.15, 0.2) is 12.7 Å². The van der Waals surface area contributed by atoms with Crippen LogP contribution in [0.4, 0.5) is 0 Å². The molecule has 0 heterocycles. The van der Waals surface area contributed by atoms with Crippen LogP contribution in [0.2, 0.25) is 0 Å². The maximum Gasteiger partial charge on any atom is 0.472 e. The van der Waals surface area contributed by atoms with Gasteiger partial charge in [0.1, 0.15) is 0 Å². The molecule has 0 aromatic carbocycles. The van der Waals surface area contributed by atoms with E-state index >= 15 is 0 Å². The third kappa shape index (κ3) is 6.80. The first-order chi connectivity index (χ1) is 6.52. The van der Waals surface area contributed by atoms with Crippen LogP contribution < -0.4 is 5.32 Å². The summed E-state index contributed by atoms with van der Waals surface area (Å²) in [5, 5.41) is 2.38. The first-order valence-electron chi connectivity index (χ1n) is 4.04. The topological polar surface area (TPSA) is 84.9 Å². The predicted octanol–water partition coefficient (Wildman–Crippen LogP) is 0.442. The lowest BCUT2D eigenvalue weighted by atomic mass is 10.5. The Hall–Kier alpha value is -0.680. The third-order valence-electron chi connectivity index (χ3n) is 1.13. The molecule has 2 N–H and O–H groups in total.